The molecule has 3 heterocycles. The van der Waals surface area contributed by atoms with Crippen molar-refractivity contribution in [2.75, 3.05) is 37.1 Å². The molecule has 2 aromatic carbocycles. The first-order chi connectivity index (χ1) is 18.0. The number of hydrogen-bond donors (Lipinski definition) is 1. The zero-order valence-electron chi connectivity index (χ0n) is 20.9. The summed E-state index contributed by atoms with van der Waals surface area (Å²) >= 11 is 0. The van der Waals surface area contributed by atoms with Crippen molar-refractivity contribution in [2.24, 2.45) is 0 Å². The molecule has 0 saturated carbocycles. The van der Waals surface area contributed by atoms with Crippen molar-refractivity contribution in [1.29, 1.82) is 0 Å². The lowest BCUT2D eigenvalue weighted by atomic mass is 9.97. The van der Waals surface area contributed by atoms with Gasteiger partial charge in [0.1, 0.15) is 23.3 Å². The predicted molar refractivity (Wildman–Crippen MR) is 141 cm³/mol. The van der Waals surface area contributed by atoms with Gasteiger partial charge in [-0.1, -0.05) is 6.07 Å². The van der Waals surface area contributed by atoms with Gasteiger partial charge in [0.2, 0.25) is 0 Å². The molecule has 1 amide bonds. The highest BCUT2D eigenvalue weighted by molar-refractivity contribution is 6.51. The molecule has 1 atom stereocenters. The second kappa shape index (κ2) is 10.3. The van der Waals surface area contributed by atoms with Crippen LogP contribution in [-0.2, 0) is 9.59 Å². The van der Waals surface area contributed by atoms with E-state index in [9.17, 15) is 14.7 Å². The van der Waals surface area contributed by atoms with Gasteiger partial charge in [-0.15, -0.1) is 0 Å². The fraction of sp³-hybridized carbons (Fsp3) is 0.276. The predicted octanol–water partition coefficient (Wildman–Crippen LogP) is 4.72. The van der Waals surface area contributed by atoms with E-state index in [1.807, 2.05) is 24.3 Å². The largest absolute Gasteiger partial charge is 0.507 e. The molecule has 0 radical (unpaired) electrons. The van der Waals surface area contributed by atoms with Gasteiger partial charge in [0.05, 0.1) is 31.1 Å². The van der Waals surface area contributed by atoms with Crippen LogP contribution in [0.15, 0.2) is 72.4 Å². The second-order valence-corrected chi connectivity index (χ2v) is 9.05. The van der Waals surface area contributed by atoms with Crippen LogP contribution in [0.2, 0.25) is 0 Å². The molecule has 0 aliphatic carbocycles. The Balaban J connectivity index is 1.61. The molecular weight excluding hydrogens is 470 g/mol. The van der Waals surface area contributed by atoms with Crippen molar-refractivity contribution in [2.45, 2.75) is 25.3 Å². The Morgan fingerprint density at radius 3 is 2.30 bits per heavy atom. The van der Waals surface area contributed by atoms with Crippen LogP contribution >= 0.6 is 0 Å². The number of nitrogens with zero attached hydrogens (tertiary/aromatic N) is 3. The third kappa shape index (κ3) is 4.50. The van der Waals surface area contributed by atoms with Gasteiger partial charge in [0.15, 0.2) is 0 Å². The molecule has 2 aliphatic heterocycles. The van der Waals surface area contributed by atoms with E-state index < -0.39 is 17.7 Å². The summed E-state index contributed by atoms with van der Waals surface area (Å²) in [5, 5.41) is 11.4. The average molecular weight is 500 g/mol. The normalized spacial score (nSPS) is 19.2. The van der Waals surface area contributed by atoms with Crippen molar-refractivity contribution in [1.82, 2.24) is 4.98 Å². The number of Topliss-reactive ketones (excluding diaryl/α,β-unsaturated/α-hetero) is 1. The Bertz CT molecular complexity index is 1330. The number of aromatic nitrogens is 1. The van der Waals surface area contributed by atoms with Crippen LogP contribution in [-0.4, -0.2) is 49.1 Å². The summed E-state index contributed by atoms with van der Waals surface area (Å²) in [4.78, 5) is 35.0. The van der Waals surface area contributed by atoms with Gasteiger partial charge in [-0.05, 0) is 67.8 Å². The molecule has 2 aliphatic rings. The number of hydrogen-bond acceptors (Lipinski definition) is 7. The topological polar surface area (TPSA) is 92.2 Å². The van der Waals surface area contributed by atoms with E-state index in [0.717, 1.165) is 31.6 Å². The van der Waals surface area contributed by atoms with E-state index >= 15 is 0 Å². The number of ether oxygens (including phenoxy) is 2. The molecule has 37 heavy (non-hydrogen) atoms. The number of carbonyl (C=O) groups is 2. The smallest absolute Gasteiger partial charge is 0.300 e. The first-order valence-corrected chi connectivity index (χ1v) is 12.3. The Labute approximate surface area is 215 Å². The first-order valence-electron chi connectivity index (χ1n) is 12.3. The number of anilines is 2. The zero-order valence-corrected chi connectivity index (χ0v) is 20.9. The summed E-state index contributed by atoms with van der Waals surface area (Å²) < 4.78 is 10.7. The minimum absolute atomic E-state index is 0.0488. The van der Waals surface area contributed by atoms with E-state index in [1.165, 1.54) is 25.5 Å². The van der Waals surface area contributed by atoms with E-state index in [0.29, 0.717) is 22.9 Å². The second-order valence-electron chi connectivity index (χ2n) is 9.05. The van der Waals surface area contributed by atoms with E-state index in [1.54, 1.807) is 42.6 Å². The lowest BCUT2D eigenvalue weighted by molar-refractivity contribution is -0.132. The highest BCUT2D eigenvalue weighted by Gasteiger charge is 2.47. The number of methoxy groups -OCH3 is 2. The first kappa shape index (κ1) is 24.4. The Morgan fingerprint density at radius 2 is 1.65 bits per heavy atom. The average Bonchev–Trinajstić information content (AvgIpc) is 3.23. The number of aliphatic hydroxyl groups excluding tert-OH is 1. The number of aliphatic hydroxyl groups is 1. The van der Waals surface area contributed by atoms with Crippen LogP contribution in [0.25, 0.3) is 5.76 Å². The van der Waals surface area contributed by atoms with E-state index in [2.05, 4.69) is 9.88 Å². The van der Waals surface area contributed by atoms with Gasteiger partial charge >= 0.3 is 0 Å². The van der Waals surface area contributed by atoms with Crippen molar-refractivity contribution in [3.8, 4) is 11.5 Å². The van der Waals surface area contributed by atoms with Gasteiger partial charge < -0.3 is 19.5 Å². The Morgan fingerprint density at radius 1 is 0.919 bits per heavy atom. The van der Waals surface area contributed by atoms with Gasteiger partial charge in [-0.2, -0.15) is 0 Å². The standard InChI is InChI=1S/C29H29N3O5/c1-36-21-13-14-22(24(18-21)37-2)27(33)25-26(23-8-4-5-15-30-23)32(29(35)28(25)34)20-11-9-19(10-12-20)31-16-6-3-7-17-31/h4-5,8-15,18,26,33H,3,6-7,16-17H2,1-2H3/b27-25-. The number of amides is 1. The van der Waals surface area contributed by atoms with Gasteiger partial charge in [-0.25, -0.2) is 0 Å². The summed E-state index contributed by atoms with van der Waals surface area (Å²) in [6, 6.07) is 16.9. The molecule has 2 fully saturated rings. The Kier molecular flexibility index (Phi) is 6.81. The van der Waals surface area contributed by atoms with Crippen molar-refractivity contribution < 1.29 is 24.2 Å². The number of pyridine rings is 1. The number of rotatable bonds is 6. The van der Waals surface area contributed by atoms with Crippen LogP contribution in [0, 0.1) is 0 Å². The molecule has 0 spiro atoms. The fourth-order valence-electron chi connectivity index (χ4n) is 5.03. The number of benzene rings is 2. The fourth-order valence-corrected chi connectivity index (χ4v) is 5.03. The molecular formula is C29H29N3O5. The van der Waals surface area contributed by atoms with Crippen molar-refractivity contribution in [3.05, 3.63) is 83.7 Å². The third-order valence-electron chi connectivity index (χ3n) is 6.93. The number of ketones is 1. The molecule has 1 N–H and O–H groups in total. The molecule has 1 unspecified atom stereocenters. The monoisotopic (exact) mass is 499 g/mol. The molecule has 1 aromatic heterocycles. The van der Waals surface area contributed by atoms with Gasteiger partial charge in [0.25, 0.3) is 11.7 Å². The summed E-state index contributed by atoms with van der Waals surface area (Å²) in [7, 11) is 2.99. The lowest BCUT2D eigenvalue weighted by Crippen LogP contribution is -2.31. The SMILES string of the molecule is COc1ccc(/C(O)=C2/C(=O)C(=O)N(c3ccc(N4CCCCC4)cc3)C2c2ccccn2)c(OC)c1. The summed E-state index contributed by atoms with van der Waals surface area (Å²) in [5.74, 6) is -1.000. The summed E-state index contributed by atoms with van der Waals surface area (Å²) in [6.45, 7) is 2.00. The Hall–Kier alpha value is -4.33. The molecule has 190 valence electrons. The lowest BCUT2D eigenvalue weighted by Gasteiger charge is -2.30. The van der Waals surface area contributed by atoms with Crippen LogP contribution < -0.4 is 19.3 Å². The maximum Gasteiger partial charge on any atom is 0.300 e. The molecule has 5 rings (SSSR count). The molecule has 0 bridgehead atoms. The number of piperidine rings is 1. The van der Waals surface area contributed by atoms with Crippen LogP contribution in [0.5, 0.6) is 11.5 Å². The zero-order chi connectivity index (χ0) is 25.9. The minimum atomic E-state index is -0.908. The third-order valence-corrected chi connectivity index (χ3v) is 6.93. The quantitative estimate of drug-likeness (QED) is 0.298. The molecule has 3 aromatic rings. The highest BCUT2D eigenvalue weighted by Crippen LogP contribution is 2.43. The molecule has 8 nitrogen and oxygen atoms in total. The molecule has 2 saturated heterocycles. The van der Waals surface area contributed by atoms with Gasteiger partial charge in [-0.3, -0.25) is 19.5 Å². The van der Waals surface area contributed by atoms with Crippen molar-refractivity contribution in [3.63, 3.8) is 0 Å². The number of carbonyl (C=O) groups excluding carboxylic acids is 2. The minimum Gasteiger partial charge on any atom is -0.507 e. The van der Waals surface area contributed by atoms with Crippen molar-refractivity contribution >= 4 is 28.8 Å². The van der Waals surface area contributed by atoms with Gasteiger partial charge in [0, 0.05) is 36.7 Å². The van der Waals surface area contributed by atoms with Crippen LogP contribution in [0.1, 0.15) is 36.6 Å². The summed E-state index contributed by atoms with van der Waals surface area (Å²) in [6.07, 6.45) is 5.15. The van der Waals surface area contributed by atoms with E-state index in [4.69, 9.17) is 9.47 Å². The summed E-state index contributed by atoms with van der Waals surface area (Å²) in [5.41, 5.74) is 2.34. The van der Waals surface area contributed by atoms with Crippen LogP contribution in [0.4, 0.5) is 11.4 Å². The molecule has 8 heteroatoms. The van der Waals surface area contributed by atoms with E-state index in [-0.39, 0.29) is 16.9 Å². The highest BCUT2D eigenvalue weighted by atomic mass is 16.5. The maximum atomic E-state index is 13.4. The van der Waals surface area contributed by atoms with Crippen LogP contribution in [0.3, 0.4) is 0 Å². The maximum absolute atomic E-state index is 13.4.